The smallest absolute Gasteiger partial charge is 0.180 e. The molecule has 0 aliphatic heterocycles. The Morgan fingerprint density at radius 1 is 1.13 bits per heavy atom. The Morgan fingerprint density at radius 2 is 1.94 bits per heavy atom. The quantitative estimate of drug-likeness (QED) is 0.466. The van der Waals surface area contributed by atoms with Crippen molar-refractivity contribution in [3.8, 4) is 11.5 Å². The van der Waals surface area contributed by atoms with Gasteiger partial charge in [0.15, 0.2) is 5.82 Å². The van der Waals surface area contributed by atoms with Crippen LogP contribution in [0.25, 0.3) is 11.5 Å². The van der Waals surface area contributed by atoms with Gasteiger partial charge in [-0.1, -0.05) is 6.07 Å². The van der Waals surface area contributed by atoms with E-state index in [1.54, 1.807) is 18.0 Å². The number of nitrogens with zero attached hydrogens (tertiary/aromatic N) is 5. The number of pyridine rings is 1. The van der Waals surface area contributed by atoms with E-state index >= 15 is 0 Å². The van der Waals surface area contributed by atoms with Crippen LogP contribution in [0.3, 0.4) is 0 Å². The average molecular weight is 421 g/mol. The highest BCUT2D eigenvalue weighted by molar-refractivity contribution is 6.10. The lowest BCUT2D eigenvalue weighted by Crippen LogP contribution is -2.38. The van der Waals surface area contributed by atoms with Gasteiger partial charge in [-0.3, -0.25) is 20.7 Å². The molecule has 9 heteroatoms. The van der Waals surface area contributed by atoms with Crippen LogP contribution in [0.2, 0.25) is 0 Å². The summed E-state index contributed by atoms with van der Waals surface area (Å²) >= 11 is 0. The first-order chi connectivity index (χ1) is 15.0. The topological polar surface area (TPSA) is 92.9 Å². The van der Waals surface area contributed by atoms with Crippen molar-refractivity contribution in [3.05, 3.63) is 65.5 Å². The van der Waals surface area contributed by atoms with E-state index in [4.69, 9.17) is 10.8 Å². The number of nitrogens with one attached hydrogen (secondary N) is 2. The van der Waals surface area contributed by atoms with Gasteiger partial charge < -0.3 is 4.90 Å². The van der Waals surface area contributed by atoms with Crippen LogP contribution in [0, 0.1) is 22.5 Å². The number of hydrogen-bond acceptors (Lipinski definition) is 6. The van der Waals surface area contributed by atoms with E-state index in [9.17, 15) is 8.78 Å². The Balaban J connectivity index is 1.64. The fourth-order valence-electron chi connectivity index (χ4n) is 3.68. The zero-order chi connectivity index (χ0) is 22.0. The Labute approximate surface area is 178 Å². The van der Waals surface area contributed by atoms with Gasteiger partial charge in [-0.05, 0) is 43.5 Å². The van der Waals surface area contributed by atoms with E-state index in [0.717, 1.165) is 36.9 Å². The van der Waals surface area contributed by atoms with Crippen molar-refractivity contribution < 1.29 is 8.78 Å². The number of benzene rings is 1. The maximum absolute atomic E-state index is 13.7. The summed E-state index contributed by atoms with van der Waals surface area (Å²) in [6, 6.07) is 8.32. The largest absolute Gasteiger partial charge is 0.352 e. The number of amidine groups is 1. The second kappa shape index (κ2) is 8.55. The van der Waals surface area contributed by atoms with E-state index in [2.05, 4.69) is 15.0 Å². The molecular weight excluding hydrogens is 400 g/mol. The molecule has 0 bridgehead atoms. The highest BCUT2D eigenvalue weighted by atomic mass is 19.1. The number of rotatable bonds is 6. The molecule has 2 N–H and O–H groups in total. The molecule has 7 nitrogen and oxygen atoms in total. The second-order valence-electron chi connectivity index (χ2n) is 7.29. The van der Waals surface area contributed by atoms with Crippen LogP contribution in [0.1, 0.15) is 17.7 Å². The molecule has 0 amide bonds. The van der Waals surface area contributed by atoms with Crippen LogP contribution in [0.15, 0.2) is 42.6 Å². The minimum absolute atomic E-state index is 0.0823. The molecule has 0 radical (unpaired) electrons. The SMILES string of the molecule is CN(CC(=N)N(C=N)c1cccc(F)c1)c1nc(-c2cc(F)ccn2)nc2c1CCC2. The lowest BCUT2D eigenvalue weighted by atomic mass is 10.2. The number of aromatic nitrogens is 3. The number of anilines is 2. The Morgan fingerprint density at radius 3 is 2.68 bits per heavy atom. The number of fused-ring (bicyclic) bond motifs is 1. The van der Waals surface area contributed by atoms with E-state index in [-0.39, 0.29) is 12.4 Å². The molecule has 0 spiro atoms. The van der Waals surface area contributed by atoms with E-state index < -0.39 is 11.6 Å². The Bertz CT molecular complexity index is 1150. The minimum Gasteiger partial charge on any atom is -0.352 e. The van der Waals surface area contributed by atoms with Gasteiger partial charge in [0, 0.05) is 30.6 Å². The number of halogens is 2. The van der Waals surface area contributed by atoms with Crippen LogP contribution in [-0.4, -0.2) is 40.7 Å². The fourth-order valence-corrected chi connectivity index (χ4v) is 3.68. The van der Waals surface area contributed by atoms with Crippen LogP contribution in [0.4, 0.5) is 20.3 Å². The number of likely N-dealkylation sites (N-methyl/N-ethyl adjacent to an activating group) is 1. The lowest BCUT2D eigenvalue weighted by Gasteiger charge is -2.26. The Kier molecular flexibility index (Phi) is 5.66. The molecule has 2 aromatic heterocycles. The Hall–Kier alpha value is -3.75. The zero-order valence-corrected chi connectivity index (χ0v) is 16.9. The molecule has 0 saturated heterocycles. The molecule has 31 heavy (non-hydrogen) atoms. The summed E-state index contributed by atoms with van der Waals surface area (Å²) in [7, 11) is 1.80. The summed E-state index contributed by atoms with van der Waals surface area (Å²) in [6.45, 7) is 0.130. The zero-order valence-electron chi connectivity index (χ0n) is 16.9. The van der Waals surface area contributed by atoms with Gasteiger partial charge in [-0.25, -0.2) is 18.7 Å². The highest BCUT2D eigenvalue weighted by Gasteiger charge is 2.24. The molecule has 4 rings (SSSR count). The first-order valence-corrected chi connectivity index (χ1v) is 9.82. The van der Waals surface area contributed by atoms with Crippen molar-refractivity contribution in [1.82, 2.24) is 15.0 Å². The molecule has 158 valence electrons. The van der Waals surface area contributed by atoms with E-state index in [0.29, 0.717) is 23.0 Å². The summed E-state index contributed by atoms with van der Waals surface area (Å²) in [5, 5.41) is 16.2. The van der Waals surface area contributed by atoms with Gasteiger partial charge in [-0.15, -0.1) is 0 Å². The van der Waals surface area contributed by atoms with Crippen LogP contribution < -0.4 is 9.80 Å². The van der Waals surface area contributed by atoms with Crippen LogP contribution in [0.5, 0.6) is 0 Å². The van der Waals surface area contributed by atoms with Gasteiger partial charge >= 0.3 is 0 Å². The molecule has 0 fully saturated rings. The lowest BCUT2D eigenvalue weighted by molar-refractivity contribution is 0.626. The second-order valence-corrected chi connectivity index (χ2v) is 7.29. The van der Waals surface area contributed by atoms with Crippen molar-refractivity contribution >= 4 is 23.7 Å². The molecule has 0 saturated carbocycles. The number of hydrogen-bond donors (Lipinski definition) is 2. The summed E-state index contributed by atoms with van der Waals surface area (Å²) in [5.74, 6) is 0.216. The predicted octanol–water partition coefficient (Wildman–Crippen LogP) is 3.83. The first-order valence-electron chi connectivity index (χ1n) is 9.82. The normalized spacial score (nSPS) is 12.4. The summed E-state index contributed by atoms with van der Waals surface area (Å²) < 4.78 is 27.3. The monoisotopic (exact) mass is 421 g/mol. The fraction of sp³-hybridized carbons (Fsp3) is 0.227. The van der Waals surface area contributed by atoms with Gasteiger partial charge in [0.05, 0.1) is 18.6 Å². The van der Waals surface area contributed by atoms with E-state index in [1.807, 2.05) is 0 Å². The van der Waals surface area contributed by atoms with Crippen molar-refractivity contribution in [2.75, 3.05) is 23.4 Å². The van der Waals surface area contributed by atoms with Crippen LogP contribution in [-0.2, 0) is 12.8 Å². The maximum Gasteiger partial charge on any atom is 0.180 e. The van der Waals surface area contributed by atoms with Gasteiger partial charge in [0.25, 0.3) is 0 Å². The summed E-state index contributed by atoms with van der Waals surface area (Å²) in [6.07, 6.45) is 4.92. The third-order valence-corrected chi connectivity index (χ3v) is 5.12. The molecular formula is C22H21F2N7. The minimum atomic E-state index is -0.439. The van der Waals surface area contributed by atoms with E-state index in [1.165, 1.54) is 41.4 Å². The molecule has 1 aliphatic carbocycles. The van der Waals surface area contributed by atoms with Gasteiger partial charge in [-0.2, -0.15) is 0 Å². The standard InChI is InChI=1S/C22H21F2N7/c1-30(12-20(26)31(13-25)16-5-2-4-14(23)10-16)22-17-6-3-7-18(17)28-21(29-22)19-11-15(24)8-9-27-19/h2,4-5,8-11,13,25-26H,3,6-7,12H2,1H3. The highest BCUT2D eigenvalue weighted by Crippen LogP contribution is 2.30. The molecule has 1 aromatic carbocycles. The average Bonchev–Trinajstić information content (AvgIpc) is 3.22. The molecule has 2 heterocycles. The van der Waals surface area contributed by atoms with Crippen molar-refractivity contribution in [2.24, 2.45) is 0 Å². The van der Waals surface area contributed by atoms with Crippen molar-refractivity contribution in [2.45, 2.75) is 19.3 Å². The number of aryl methyl sites for hydroxylation is 1. The van der Waals surface area contributed by atoms with Crippen molar-refractivity contribution in [1.29, 1.82) is 10.8 Å². The van der Waals surface area contributed by atoms with Gasteiger partial charge in [0.2, 0.25) is 0 Å². The maximum atomic E-state index is 13.7. The third-order valence-electron chi connectivity index (χ3n) is 5.12. The predicted molar refractivity (Wildman–Crippen MR) is 116 cm³/mol. The summed E-state index contributed by atoms with van der Waals surface area (Å²) in [4.78, 5) is 16.5. The molecule has 1 aliphatic rings. The van der Waals surface area contributed by atoms with Gasteiger partial charge in [0.1, 0.15) is 29.0 Å². The molecule has 0 atom stereocenters. The van der Waals surface area contributed by atoms with Crippen molar-refractivity contribution in [3.63, 3.8) is 0 Å². The molecule has 3 aromatic rings. The summed E-state index contributed by atoms with van der Waals surface area (Å²) in [5.41, 5.74) is 2.65. The third kappa shape index (κ3) is 4.25. The molecule has 0 unspecified atom stereocenters. The van der Waals surface area contributed by atoms with Crippen LogP contribution >= 0.6 is 0 Å². The first kappa shape index (κ1) is 20.5.